The minimum absolute atomic E-state index is 0.287. The van der Waals surface area contributed by atoms with E-state index < -0.39 is 0 Å². The van der Waals surface area contributed by atoms with E-state index in [1.165, 1.54) is 0 Å². The topological polar surface area (TPSA) is 21.6 Å². The van der Waals surface area contributed by atoms with Gasteiger partial charge in [0.1, 0.15) is 6.10 Å². The summed E-state index contributed by atoms with van der Waals surface area (Å²) in [4.78, 5) is 4.74. The van der Waals surface area contributed by atoms with E-state index in [0.717, 1.165) is 37.1 Å². The Morgan fingerprint density at radius 1 is 1.00 bits per heavy atom. The number of rotatable bonds is 1. The third-order valence-electron chi connectivity index (χ3n) is 3.41. The van der Waals surface area contributed by atoms with Crippen LogP contribution >= 0.6 is 0 Å². The molecule has 2 aliphatic rings. The minimum atomic E-state index is 0.287. The van der Waals surface area contributed by atoms with Gasteiger partial charge in [0, 0.05) is 5.56 Å². The molecule has 0 spiro atoms. The first-order chi connectivity index (χ1) is 8.43. The predicted octanol–water partition coefficient (Wildman–Crippen LogP) is 3.33. The lowest BCUT2D eigenvalue weighted by molar-refractivity contribution is 0.177. The van der Waals surface area contributed by atoms with Crippen LogP contribution < -0.4 is 0 Å². The Hall–Kier alpha value is -1.57. The van der Waals surface area contributed by atoms with Gasteiger partial charge in [-0.05, 0) is 37.8 Å². The van der Waals surface area contributed by atoms with Crippen LogP contribution in [0.1, 0.15) is 31.2 Å². The number of benzene rings is 1. The highest BCUT2D eigenvalue weighted by Crippen LogP contribution is 2.26. The van der Waals surface area contributed by atoms with Crippen LogP contribution in [0.25, 0.3) is 0 Å². The Labute approximate surface area is 102 Å². The fourth-order valence-corrected chi connectivity index (χ4v) is 2.47. The van der Waals surface area contributed by atoms with Crippen LogP contribution in [0.15, 0.2) is 47.5 Å². The molecule has 0 N–H and O–H groups in total. The van der Waals surface area contributed by atoms with Crippen LogP contribution in [0, 0.1) is 0 Å². The zero-order valence-corrected chi connectivity index (χ0v) is 9.88. The van der Waals surface area contributed by atoms with E-state index in [0.29, 0.717) is 6.04 Å². The molecule has 0 saturated heterocycles. The second-order valence-electron chi connectivity index (χ2n) is 4.65. The summed E-state index contributed by atoms with van der Waals surface area (Å²) < 4.78 is 6.00. The summed E-state index contributed by atoms with van der Waals surface area (Å²) in [6.07, 6.45) is 9.25. The summed E-state index contributed by atoms with van der Waals surface area (Å²) in [6.45, 7) is 0. The lowest BCUT2D eigenvalue weighted by Gasteiger charge is -2.17. The molecular weight excluding hydrogens is 210 g/mol. The van der Waals surface area contributed by atoms with Crippen molar-refractivity contribution in [2.75, 3.05) is 0 Å². The molecule has 2 heteroatoms. The first-order valence-corrected chi connectivity index (χ1v) is 6.38. The Kier molecular flexibility index (Phi) is 2.95. The zero-order chi connectivity index (χ0) is 11.5. The third-order valence-corrected chi connectivity index (χ3v) is 3.41. The molecule has 0 fully saturated rings. The number of allylic oxidation sites excluding steroid dienone is 2. The molecule has 1 aromatic rings. The molecule has 2 atom stereocenters. The maximum Gasteiger partial charge on any atom is 0.216 e. The average Bonchev–Trinajstić information content (AvgIpc) is 2.73. The lowest BCUT2D eigenvalue weighted by Crippen LogP contribution is -2.23. The highest BCUT2D eigenvalue weighted by Gasteiger charge is 2.30. The van der Waals surface area contributed by atoms with E-state index >= 15 is 0 Å². The summed E-state index contributed by atoms with van der Waals surface area (Å²) in [5, 5.41) is 0. The molecule has 0 radical (unpaired) electrons. The number of aliphatic imine (C=N–C) groups is 1. The van der Waals surface area contributed by atoms with Crippen LogP contribution in [0.3, 0.4) is 0 Å². The second kappa shape index (κ2) is 4.74. The van der Waals surface area contributed by atoms with Crippen molar-refractivity contribution in [3.8, 4) is 0 Å². The molecular formula is C15H17NO. The number of nitrogens with zero attached hydrogens (tertiary/aromatic N) is 1. The molecule has 1 aliphatic carbocycles. The number of fused-ring (bicyclic) bond motifs is 1. The summed E-state index contributed by atoms with van der Waals surface area (Å²) in [5.41, 5.74) is 1.10. The monoisotopic (exact) mass is 227 g/mol. The minimum Gasteiger partial charge on any atom is -0.472 e. The van der Waals surface area contributed by atoms with Crippen LogP contribution in [0.4, 0.5) is 0 Å². The van der Waals surface area contributed by atoms with Gasteiger partial charge < -0.3 is 4.74 Å². The summed E-state index contributed by atoms with van der Waals surface area (Å²) >= 11 is 0. The smallest absolute Gasteiger partial charge is 0.216 e. The van der Waals surface area contributed by atoms with E-state index in [4.69, 9.17) is 9.73 Å². The van der Waals surface area contributed by atoms with E-state index in [9.17, 15) is 0 Å². The van der Waals surface area contributed by atoms with Crippen LogP contribution in [-0.4, -0.2) is 18.0 Å². The highest BCUT2D eigenvalue weighted by molar-refractivity contribution is 5.95. The maximum atomic E-state index is 6.00. The number of ether oxygens (including phenoxy) is 1. The highest BCUT2D eigenvalue weighted by atomic mass is 16.5. The molecule has 88 valence electrons. The molecule has 2 nitrogen and oxygen atoms in total. The Balaban J connectivity index is 1.80. The molecule has 3 rings (SSSR count). The van der Waals surface area contributed by atoms with E-state index in [1.807, 2.05) is 18.2 Å². The molecule has 0 aromatic heterocycles. The molecule has 0 unspecified atom stereocenters. The van der Waals surface area contributed by atoms with Gasteiger partial charge in [0.15, 0.2) is 0 Å². The quantitative estimate of drug-likeness (QED) is 0.674. The molecule has 0 amide bonds. The van der Waals surface area contributed by atoms with Crippen molar-refractivity contribution >= 4 is 5.90 Å². The van der Waals surface area contributed by atoms with Crippen molar-refractivity contribution in [2.45, 2.75) is 37.8 Å². The van der Waals surface area contributed by atoms with Gasteiger partial charge in [-0.3, -0.25) is 0 Å². The fourth-order valence-electron chi connectivity index (χ4n) is 2.47. The largest absolute Gasteiger partial charge is 0.472 e. The van der Waals surface area contributed by atoms with Crippen molar-refractivity contribution in [1.29, 1.82) is 0 Å². The van der Waals surface area contributed by atoms with Gasteiger partial charge in [-0.25, -0.2) is 4.99 Å². The molecule has 0 saturated carbocycles. The SMILES string of the molecule is C1=C\CC[C@H]2N=C(c3ccccc3)O[C@H]2CC/1. The zero-order valence-electron chi connectivity index (χ0n) is 9.88. The fraction of sp³-hybridized carbons (Fsp3) is 0.400. The van der Waals surface area contributed by atoms with Crippen molar-refractivity contribution in [1.82, 2.24) is 0 Å². The summed E-state index contributed by atoms with van der Waals surface area (Å²) in [5.74, 6) is 0.836. The van der Waals surface area contributed by atoms with Gasteiger partial charge in [0.05, 0.1) is 6.04 Å². The summed E-state index contributed by atoms with van der Waals surface area (Å²) in [6, 6.07) is 10.6. The average molecular weight is 227 g/mol. The van der Waals surface area contributed by atoms with Gasteiger partial charge in [0.25, 0.3) is 0 Å². The predicted molar refractivity (Wildman–Crippen MR) is 69.2 cm³/mol. The second-order valence-corrected chi connectivity index (χ2v) is 4.65. The van der Waals surface area contributed by atoms with Crippen LogP contribution in [0.2, 0.25) is 0 Å². The van der Waals surface area contributed by atoms with Gasteiger partial charge in [0.2, 0.25) is 5.90 Å². The molecule has 17 heavy (non-hydrogen) atoms. The Bertz CT molecular complexity index is 435. The van der Waals surface area contributed by atoms with Gasteiger partial charge in [-0.15, -0.1) is 0 Å². The Morgan fingerprint density at radius 2 is 1.76 bits per heavy atom. The van der Waals surface area contributed by atoms with Crippen molar-refractivity contribution < 1.29 is 4.74 Å². The normalized spacial score (nSPS) is 29.5. The van der Waals surface area contributed by atoms with Gasteiger partial charge in [-0.1, -0.05) is 30.4 Å². The number of hydrogen-bond acceptors (Lipinski definition) is 2. The van der Waals surface area contributed by atoms with Crippen molar-refractivity contribution in [2.24, 2.45) is 4.99 Å². The van der Waals surface area contributed by atoms with E-state index in [2.05, 4.69) is 24.3 Å². The van der Waals surface area contributed by atoms with Crippen molar-refractivity contribution in [3.63, 3.8) is 0 Å². The number of hydrogen-bond donors (Lipinski definition) is 0. The first kappa shape index (κ1) is 10.6. The van der Waals surface area contributed by atoms with Crippen LogP contribution in [-0.2, 0) is 4.74 Å². The van der Waals surface area contributed by atoms with E-state index in [-0.39, 0.29) is 6.10 Å². The van der Waals surface area contributed by atoms with Crippen molar-refractivity contribution in [3.05, 3.63) is 48.0 Å². The molecule has 1 aliphatic heterocycles. The molecule has 1 aromatic carbocycles. The standard InChI is InChI=1S/C15H17NO/c1-2-7-11-14-13(10-6-1)16-15(17-14)12-8-4-3-5-9-12/h1-5,8-9,13-14H,6-7,10-11H2/b2-1-/t13-,14+/m1/s1. The maximum absolute atomic E-state index is 6.00. The van der Waals surface area contributed by atoms with Gasteiger partial charge in [-0.2, -0.15) is 0 Å². The van der Waals surface area contributed by atoms with Gasteiger partial charge >= 0.3 is 0 Å². The Morgan fingerprint density at radius 3 is 2.59 bits per heavy atom. The van der Waals surface area contributed by atoms with Crippen LogP contribution in [0.5, 0.6) is 0 Å². The third kappa shape index (κ3) is 2.26. The molecule has 1 heterocycles. The lowest BCUT2D eigenvalue weighted by atomic mass is 9.99. The van der Waals surface area contributed by atoms with E-state index in [1.54, 1.807) is 0 Å². The first-order valence-electron chi connectivity index (χ1n) is 6.38. The summed E-state index contributed by atoms with van der Waals surface area (Å²) in [7, 11) is 0. The molecule has 0 bridgehead atoms.